The lowest BCUT2D eigenvalue weighted by Gasteiger charge is -2.41. The van der Waals surface area contributed by atoms with Gasteiger partial charge in [-0.1, -0.05) is 25.0 Å². The minimum atomic E-state index is -3.42. The third kappa shape index (κ3) is 3.45. The first-order chi connectivity index (χ1) is 10.3. The van der Waals surface area contributed by atoms with E-state index in [0.717, 1.165) is 18.4 Å². The Labute approximate surface area is 132 Å². The van der Waals surface area contributed by atoms with Crippen molar-refractivity contribution < 1.29 is 18.3 Å². The van der Waals surface area contributed by atoms with Crippen LogP contribution in [0.2, 0.25) is 0 Å². The van der Waals surface area contributed by atoms with Crippen LogP contribution in [-0.4, -0.2) is 31.9 Å². The fourth-order valence-electron chi connectivity index (χ4n) is 2.87. The topological polar surface area (TPSA) is 75.6 Å². The zero-order valence-corrected chi connectivity index (χ0v) is 14.2. The molecule has 124 valence electrons. The molecule has 0 radical (unpaired) electrons. The lowest BCUT2D eigenvalue weighted by molar-refractivity contribution is -0.0250. The van der Waals surface area contributed by atoms with Gasteiger partial charge in [0.2, 0.25) is 10.0 Å². The van der Waals surface area contributed by atoms with Gasteiger partial charge < -0.3 is 9.84 Å². The number of methoxy groups -OCH3 is 1. The summed E-state index contributed by atoms with van der Waals surface area (Å²) in [5, 5.41) is 10.6. The van der Waals surface area contributed by atoms with Gasteiger partial charge in [0.25, 0.3) is 0 Å². The number of rotatable bonds is 5. The Balaban J connectivity index is 2.31. The summed E-state index contributed by atoms with van der Waals surface area (Å²) in [5.74, 6) is 0.711. The molecule has 2 N–H and O–H groups in total. The molecule has 0 heterocycles. The number of hydrogen-bond donors (Lipinski definition) is 2. The van der Waals surface area contributed by atoms with Crippen molar-refractivity contribution in [3.8, 4) is 5.75 Å². The molecule has 1 aromatic carbocycles. The average Bonchev–Trinajstić information content (AvgIpc) is 2.49. The summed E-state index contributed by atoms with van der Waals surface area (Å²) in [6.45, 7) is 3.27. The summed E-state index contributed by atoms with van der Waals surface area (Å²) >= 11 is 0. The van der Waals surface area contributed by atoms with E-state index in [-0.39, 0.29) is 0 Å². The van der Waals surface area contributed by atoms with E-state index < -0.39 is 26.9 Å². The molecule has 0 spiro atoms. The van der Waals surface area contributed by atoms with Crippen molar-refractivity contribution in [1.29, 1.82) is 0 Å². The Morgan fingerprint density at radius 2 is 1.91 bits per heavy atom. The molecule has 0 aliphatic heterocycles. The lowest BCUT2D eigenvalue weighted by Crippen LogP contribution is -2.53. The second kappa shape index (κ2) is 6.56. The van der Waals surface area contributed by atoms with Crippen molar-refractivity contribution in [3.05, 3.63) is 29.8 Å². The minimum absolute atomic E-state index is 0.498. The summed E-state index contributed by atoms with van der Waals surface area (Å²) in [7, 11) is -1.84. The Bertz CT molecular complexity index is 597. The number of sulfonamides is 1. The van der Waals surface area contributed by atoms with Crippen LogP contribution in [0.25, 0.3) is 0 Å². The van der Waals surface area contributed by atoms with Gasteiger partial charge in [-0.2, -0.15) is 0 Å². The molecule has 0 bridgehead atoms. The smallest absolute Gasteiger partial charge is 0.214 e. The lowest BCUT2D eigenvalue weighted by atomic mass is 9.76. The second-order valence-electron chi connectivity index (χ2n) is 6.16. The molecule has 2 atom stereocenters. The van der Waals surface area contributed by atoms with E-state index in [1.165, 1.54) is 0 Å². The molecule has 0 saturated heterocycles. The first-order valence-corrected chi connectivity index (χ1v) is 9.22. The van der Waals surface area contributed by atoms with Crippen LogP contribution in [0.15, 0.2) is 24.3 Å². The third-order valence-electron chi connectivity index (χ3n) is 4.39. The van der Waals surface area contributed by atoms with Crippen LogP contribution < -0.4 is 9.46 Å². The average molecular weight is 327 g/mol. The van der Waals surface area contributed by atoms with Crippen LogP contribution in [-0.2, 0) is 15.6 Å². The molecule has 1 aliphatic rings. The maximum atomic E-state index is 12.2. The number of hydrogen-bond acceptors (Lipinski definition) is 4. The predicted molar refractivity (Wildman–Crippen MR) is 86.3 cm³/mol. The van der Waals surface area contributed by atoms with Crippen molar-refractivity contribution in [2.75, 3.05) is 7.11 Å². The van der Waals surface area contributed by atoms with Crippen LogP contribution in [0.4, 0.5) is 0 Å². The van der Waals surface area contributed by atoms with Gasteiger partial charge in [0.05, 0.1) is 18.4 Å². The molecule has 0 aromatic heterocycles. The van der Waals surface area contributed by atoms with E-state index in [0.29, 0.717) is 18.6 Å². The first kappa shape index (κ1) is 17.2. The highest BCUT2D eigenvalue weighted by Gasteiger charge is 2.42. The van der Waals surface area contributed by atoms with Crippen LogP contribution in [0, 0.1) is 0 Å². The van der Waals surface area contributed by atoms with E-state index in [4.69, 9.17) is 4.74 Å². The molecule has 1 aromatic rings. The van der Waals surface area contributed by atoms with Crippen LogP contribution in [0.1, 0.15) is 45.1 Å². The van der Waals surface area contributed by atoms with Gasteiger partial charge in [0, 0.05) is 0 Å². The van der Waals surface area contributed by atoms with Gasteiger partial charge >= 0.3 is 0 Å². The molecule has 1 aliphatic carbocycles. The van der Waals surface area contributed by atoms with Crippen molar-refractivity contribution in [2.45, 2.75) is 56.4 Å². The van der Waals surface area contributed by atoms with Gasteiger partial charge in [-0.25, -0.2) is 13.1 Å². The molecule has 6 heteroatoms. The van der Waals surface area contributed by atoms with Gasteiger partial charge in [0.15, 0.2) is 0 Å². The van der Waals surface area contributed by atoms with Crippen molar-refractivity contribution in [1.82, 2.24) is 4.72 Å². The molecule has 0 amide bonds. The number of ether oxygens (including phenoxy) is 1. The van der Waals surface area contributed by atoms with E-state index in [9.17, 15) is 13.5 Å². The molecule has 1 saturated carbocycles. The Morgan fingerprint density at radius 3 is 2.45 bits per heavy atom. The summed E-state index contributed by atoms with van der Waals surface area (Å²) < 4.78 is 32.2. The fourth-order valence-corrected chi connectivity index (χ4v) is 3.85. The highest BCUT2D eigenvalue weighted by Crippen LogP contribution is 2.38. The van der Waals surface area contributed by atoms with Gasteiger partial charge in [-0.15, -0.1) is 0 Å². The molecule has 22 heavy (non-hydrogen) atoms. The van der Waals surface area contributed by atoms with E-state index in [2.05, 4.69) is 4.72 Å². The monoisotopic (exact) mass is 327 g/mol. The highest BCUT2D eigenvalue weighted by molar-refractivity contribution is 7.90. The van der Waals surface area contributed by atoms with E-state index in [1.807, 2.05) is 0 Å². The largest absolute Gasteiger partial charge is 0.497 e. The molecular formula is C16H25NO4S. The zero-order chi connectivity index (χ0) is 16.4. The Morgan fingerprint density at radius 1 is 1.27 bits per heavy atom. The van der Waals surface area contributed by atoms with Crippen LogP contribution in [0.3, 0.4) is 0 Å². The van der Waals surface area contributed by atoms with Crippen LogP contribution in [0.5, 0.6) is 5.75 Å². The SMILES string of the molecule is COc1ccc(C2(O)CCCCC2NS(=O)(=O)C(C)C)cc1. The number of benzene rings is 1. The molecule has 2 rings (SSSR count). The third-order valence-corrected chi connectivity index (χ3v) is 6.25. The summed E-state index contributed by atoms with van der Waals surface area (Å²) in [5.41, 5.74) is -0.448. The summed E-state index contributed by atoms with van der Waals surface area (Å²) in [4.78, 5) is 0. The molecule has 1 fully saturated rings. The van der Waals surface area contributed by atoms with E-state index in [1.54, 1.807) is 45.2 Å². The molecule has 2 unspecified atom stereocenters. The Kier molecular flexibility index (Phi) is 5.14. The fraction of sp³-hybridized carbons (Fsp3) is 0.625. The summed E-state index contributed by atoms with van der Waals surface area (Å²) in [6, 6.07) is 6.69. The molecule has 5 nitrogen and oxygen atoms in total. The first-order valence-electron chi connectivity index (χ1n) is 7.67. The maximum absolute atomic E-state index is 12.2. The van der Waals surface area contributed by atoms with Crippen LogP contribution >= 0.6 is 0 Å². The van der Waals surface area contributed by atoms with Crippen molar-refractivity contribution in [3.63, 3.8) is 0 Å². The van der Waals surface area contributed by atoms with E-state index >= 15 is 0 Å². The van der Waals surface area contributed by atoms with Crippen molar-refractivity contribution in [2.24, 2.45) is 0 Å². The standard InChI is InChI=1S/C16H25NO4S/c1-12(2)22(19,20)17-15-6-4-5-11-16(15,18)13-7-9-14(21-3)10-8-13/h7-10,12,15,17-18H,4-6,11H2,1-3H3. The number of nitrogens with one attached hydrogen (secondary N) is 1. The number of aliphatic hydroxyl groups is 1. The van der Waals surface area contributed by atoms with Gasteiger partial charge in [0.1, 0.15) is 11.4 Å². The summed E-state index contributed by atoms with van der Waals surface area (Å²) in [6.07, 6.45) is 2.96. The predicted octanol–water partition coefficient (Wildman–Crippen LogP) is 2.15. The minimum Gasteiger partial charge on any atom is -0.497 e. The highest BCUT2D eigenvalue weighted by atomic mass is 32.2. The van der Waals surface area contributed by atoms with Gasteiger partial charge in [-0.05, 0) is 44.4 Å². The maximum Gasteiger partial charge on any atom is 0.214 e. The van der Waals surface area contributed by atoms with Gasteiger partial charge in [-0.3, -0.25) is 0 Å². The zero-order valence-electron chi connectivity index (χ0n) is 13.4. The normalized spacial score (nSPS) is 26.1. The van der Waals surface area contributed by atoms with Crippen molar-refractivity contribution >= 4 is 10.0 Å². The second-order valence-corrected chi connectivity index (χ2v) is 8.43. The quantitative estimate of drug-likeness (QED) is 0.869. The molecular weight excluding hydrogens is 302 g/mol. The Hall–Kier alpha value is -1.11.